The van der Waals surface area contributed by atoms with Gasteiger partial charge in [-0.1, -0.05) is 12.1 Å². The van der Waals surface area contributed by atoms with Crippen LogP contribution in [-0.2, 0) is 18.6 Å². The fourth-order valence-corrected chi connectivity index (χ4v) is 3.45. The van der Waals surface area contributed by atoms with Crippen molar-refractivity contribution in [3.8, 4) is 5.75 Å². The van der Waals surface area contributed by atoms with Crippen molar-refractivity contribution in [2.45, 2.75) is 39.4 Å². The third-order valence-electron chi connectivity index (χ3n) is 5.07. The SMILES string of the molecule is CCNC(=O)N1CCn2c(nc(C(=O)NCc3ccc(F)cc3)c(O)c2=O)C1(C)C. The molecule has 0 radical (unpaired) electrons. The van der Waals surface area contributed by atoms with Crippen LogP contribution in [0.5, 0.6) is 5.75 Å². The molecule has 9 nitrogen and oxygen atoms in total. The molecule has 3 N–H and O–H groups in total. The highest BCUT2D eigenvalue weighted by Crippen LogP contribution is 2.30. The van der Waals surface area contributed by atoms with E-state index in [4.69, 9.17) is 0 Å². The van der Waals surface area contributed by atoms with Gasteiger partial charge in [-0.05, 0) is 38.5 Å². The van der Waals surface area contributed by atoms with E-state index in [1.165, 1.54) is 33.7 Å². The zero-order chi connectivity index (χ0) is 22.1. The van der Waals surface area contributed by atoms with E-state index < -0.39 is 34.3 Å². The van der Waals surface area contributed by atoms with Crippen molar-refractivity contribution in [2.75, 3.05) is 13.1 Å². The number of hydrogen-bond donors (Lipinski definition) is 3. The van der Waals surface area contributed by atoms with E-state index in [1.807, 2.05) is 0 Å². The molecule has 0 saturated heterocycles. The molecule has 30 heavy (non-hydrogen) atoms. The lowest BCUT2D eigenvalue weighted by Gasteiger charge is -2.42. The van der Waals surface area contributed by atoms with Crippen LogP contribution in [0, 0.1) is 5.82 Å². The number of urea groups is 1. The number of aromatic nitrogens is 2. The number of nitrogens with zero attached hydrogens (tertiary/aromatic N) is 3. The molecule has 0 unspecified atom stereocenters. The second-order valence-electron chi connectivity index (χ2n) is 7.44. The molecule has 0 aliphatic carbocycles. The topological polar surface area (TPSA) is 117 Å². The molecule has 2 heterocycles. The Kier molecular flexibility index (Phi) is 5.77. The molecule has 160 valence electrons. The Morgan fingerprint density at radius 1 is 1.20 bits per heavy atom. The van der Waals surface area contributed by atoms with E-state index >= 15 is 0 Å². The van der Waals surface area contributed by atoms with Gasteiger partial charge in [0, 0.05) is 26.2 Å². The fraction of sp³-hybridized carbons (Fsp3) is 0.400. The largest absolute Gasteiger partial charge is 0.501 e. The van der Waals surface area contributed by atoms with E-state index in [-0.39, 0.29) is 31.5 Å². The third-order valence-corrected chi connectivity index (χ3v) is 5.07. The first kappa shape index (κ1) is 21.3. The van der Waals surface area contributed by atoms with E-state index in [1.54, 1.807) is 20.8 Å². The van der Waals surface area contributed by atoms with Gasteiger partial charge in [0.25, 0.3) is 11.5 Å². The lowest BCUT2D eigenvalue weighted by Crippen LogP contribution is -2.57. The van der Waals surface area contributed by atoms with Gasteiger partial charge in [-0.25, -0.2) is 14.2 Å². The summed E-state index contributed by atoms with van der Waals surface area (Å²) in [6, 6.07) is 5.25. The van der Waals surface area contributed by atoms with Gasteiger partial charge in [0.05, 0.1) is 5.54 Å². The first-order valence-electron chi connectivity index (χ1n) is 9.59. The summed E-state index contributed by atoms with van der Waals surface area (Å²) in [6.45, 7) is 6.14. The molecule has 1 aliphatic rings. The highest BCUT2D eigenvalue weighted by molar-refractivity contribution is 5.94. The van der Waals surface area contributed by atoms with Gasteiger partial charge in [-0.15, -0.1) is 0 Å². The van der Waals surface area contributed by atoms with E-state index in [2.05, 4.69) is 15.6 Å². The summed E-state index contributed by atoms with van der Waals surface area (Å²) < 4.78 is 14.3. The molecule has 3 amide bonds. The number of carbonyl (C=O) groups is 2. The number of rotatable bonds is 4. The van der Waals surface area contributed by atoms with Crippen LogP contribution in [0.2, 0.25) is 0 Å². The maximum Gasteiger partial charge on any atom is 0.318 e. The van der Waals surface area contributed by atoms with Gasteiger partial charge in [-0.3, -0.25) is 14.2 Å². The van der Waals surface area contributed by atoms with Crippen LogP contribution in [0.4, 0.5) is 9.18 Å². The molecule has 0 bridgehead atoms. The Labute approximate surface area is 172 Å². The minimum Gasteiger partial charge on any atom is -0.501 e. The Hall–Kier alpha value is -3.43. The second kappa shape index (κ2) is 8.13. The lowest BCUT2D eigenvalue weighted by molar-refractivity contribution is 0.0921. The number of carbonyl (C=O) groups excluding carboxylic acids is 2. The van der Waals surface area contributed by atoms with Gasteiger partial charge in [0.15, 0.2) is 5.69 Å². The van der Waals surface area contributed by atoms with Crippen LogP contribution in [0.15, 0.2) is 29.1 Å². The Bertz CT molecular complexity index is 1030. The molecular formula is C20H24FN5O4. The van der Waals surface area contributed by atoms with Crippen molar-refractivity contribution < 1.29 is 19.1 Å². The van der Waals surface area contributed by atoms with Crippen molar-refractivity contribution >= 4 is 11.9 Å². The molecule has 0 atom stereocenters. The molecule has 1 aromatic heterocycles. The van der Waals surface area contributed by atoms with Crippen molar-refractivity contribution in [3.63, 3.8) is 0 Å². The summed E-state index contributed by atoms with van der Waals surface area (Å²) in [6.07, 6.45) is 0. The van der Waals surface area contributed by atoms with Crippen LogP contribution in [-0.4, -0.2) is 44.6 Å². The third kappa shape index (κ3) is 3.85. The van der Waals surface area contributed by atoms with Gasteiger partial charge in [0.1, 0.15) is 11.6 Å². The number of halogens is 1. The first-order valence-corrected chi connectivity index (χ1v) is 9.59. The number of fused-ring (bicyclic) bond motifs is 1. The van der Waals surface area contributed by atoms with E-state index in [0.717, 1.165) is 0 Å². The molecule has 3 rings (SSSR count). The molecule has 10 heteroatoms. The van der Waals surface area contributed by atoms with Crippen LogP contribution in [0.25, 0.3) is 0 Å². The van der Waals surface area contributed by atoms with Crippen LogP contribution < -0.4 is 16.2 Å². The van der Waals surface area contributed by atoms with Crippen LogP contribution >= 0.6 is 0 Å². The van der Waals surface area contributed by atoms with Gasteiger partial charge >= 0.3 is 6.03 Å². The zero-order valence-electron chi connectivity index (χ0n) is 17.0. The summed E-state index contributed by atoms with van der Waals surface area (Å²) >= 11 is 0. The molecule has 0 spiro atoms. The van der Waals surface area contributed by atoms with Crippen LogP contribution in [0.1, 0.15) is 42.6 Å². The van der Waals surface area contributed by atoms with E-state index in [0.29, 0.717) is 12.1 Å². The number of aromatic hydroxyl groups is 1. The molecular weight excluding hydrogens is 393 g/mol. The number of hydrogen-bond acceptors (Lipinski definition) is 5. The highest BCUT2D eigenvalue weighted by atomic mass is 19.1. The summed E-state index contributed by atoms with van der Waals surface area (Å²) in [5, 5.41) is 15.6. The van der Waals surface area contributed by atoms with Crippen LogP contribution in [0.3, 0.4) is 0 Å². The molecule has 1 aliphatic heterocycles. The maximum absolute atomic E-state index is 13.0. The minimum atomic E-state index is -0.990. The van der Waals surface area contributed by atoms with Gasteiger partial charge < -0.3 is 20.6 Å². The zero-order valence-corrected chi connectivity index (χ0v) is 17.0. The molecule has 0 saturated carbocycles. The smallest absolute Gasteiger partial charge is 0.318 e. The second-order valence-corrected chi connectivity index (χ2v) is 7.44. The Morgan fingerprint density at radius 3 is 2.50 bits per heavy atom. The number of nitrogens with one attached hydrogen (secondary N) is 2. The minimum absolute atomic E-state index is 0.0626. The monoisotopic (exact) mass is 417 g/mol. The molecule has 1 aromatic carbocycles. The van der Waals surface area contributed by atoms with Gasteiger partial charge in [0.2, 0.25) is 5.75 Å². The Balaban J connectivity index is 1.92. The predicted molar refractivity (Wildman–Crippen MR) is 107 cm³/mol. The van der Waals surface area contributed by atoms with Crippen molar-refractivity contribution in [1.82, 2.24) is 25.1 Å². The molecule has 2 aromatic rings. The predicted octanol–water partition coefficient (Wildman–Crippen LogP) is 1.30. The summed E-state index contributed by atoms with van der Waals surface area (Å²) in [5.41, 5.74) is -1.51. The lowest BCUT2D eigenvalue weighted by atomic mass is 9.98. The number of amides is 3. The van der Waals surface area contributed by atoms with Crippen molar-refractivity contribution in [2.24, 2.45) is 0 Å². The van der Waals surface area contributed by atoms with Crippen molar-refractivity contribution in [1.29, 1.82) is 0 Å². The first-order chi connectivity index (χ1) is 14.2. The quantitative estimate of drug-likeness (QED) is 0.693. The normalized spacial score (nSPS) is 14.7. The summed E-state index contributed by atoms with van der Waals surface area (Å²) in [4.78, 5) is 43.5. The fourth-order valence-electron chi connectivity index (χ4n) is 3.45. The number of benzene rings is 1. The van der Waals surface area contributed by atoms with E-state index in [9.17, 15) is 23.9 Å². The summed E-state index contributed by atoms with van der Waals surface area (Å²) in [7, 11) is 0. The Morgan fingerprint density at radius 2 is 1.87 bits per heavy atom. The summed E-state index contributed by atoms with van der Waals surface area (Å²) in [5.74, 6) is -1.69. The highest BCUT2D eigenvalue weighted by Gasteiger charge is 2.41. The average molecular weight is 417 g/mol. The van der Waals surface area contributed by atoms with Gasteiger partial charge in [-0.2, -0.15) is 0 Å². The molecule has 0 fully saturated rings. The van der Waals surface area contributed by atoms with Crippen molar-refractivity contribution in [3.05, 3.63) is 57.5 Å². The maximum atomic E-state index is 13.0. The standard InChI is InChI=1S/C20H24FN5O4/c1-4-22-19(30)26-10-9-25-17(29)15(27)14(24-18(25)20(26,2)3)16(28)23-11-12-5-7-13(21)8-6-12/h5-8,27H,4,9-11H2,1-3H3,(H,22,30)(H,23,28). The average Bonchev–Trinajstić information content (AvgIpc) is 2.70.